The molecule has 0 aliphatic carbocycles. The number of pyridine rings is 1. The van der Waals surface area contributed by atoms with Crippen molar-refractivity contribution in [2.75, 3.05) is 26.2 Å². The number of fused-ring (bicyclic) bond motifs is 2. The Morgan fingerprint density at radius 1 is 1.12 bits per heavy atom. The average molecular weight is 432 g/mol. The van der Waals surface area contributed by atoms with E-state index in [2.05, 4.69) is 16.0 Å². The minimum absolute atomic E-state index is 0.185. The summed E-state index contributed by atoms with van der Waals surface area (Å²) in [5.74, 6) is 1.69. The molecule has 0 saturated carbocycles. The van der Waals surface area contributed by atoms with E-state index >= 15 is 0 Å². The van der Waals surface area contributed by atoms with E-state index in [0.29, 0.717) is 6.61 Å². The third-order valence-electron chi connectivity index (χ3n) is 6.34. The molecule has 32 heavy (non-hydrogen) atoms. The molecular weight excluding hydrogens is 402 g/mol. The number of rotatable bonds is 6. The van der Waals surface area contributed by atoms with Gasteiger partial charge >= 0.3 is 0 Å². The molecule has 0 atom stereocenters. The number of benzene rings is 2. The molecule has 6 heteroatoms. The monoisotopic (exact) mass is 431 g/mol. The number of hydrogen-bond donors (Lipinski definition) is 0. The molecule has 5 rings (SSSR count). The molecule has 2 aliphatic heterocycles. The van der Waals surface area contributed by atoms with Crippen molar-refractivity contribution in [1.82, 2.24) is 9.88 Å². The third-order valence-corrected chi connectivity index (χ3v) is 6.34. The lowest BCUT2D eigenvalue weighted by Crippen LogP contribution is -2.40. The van der Waals surface area contributed by atoms with Crippen LogP contribution < -0.4 is 9.47 Å². The van der Waals surface area contributed by atoms with Crippen LogP contribution in [0, 0.1) is 12.1 Å². The summed E-state index contributed by atoms with van der Waals surface area (Å²) in [5, 5.41) is 13.1. The molecule has 0 spiro atoms. The van der Waals surface area contributed by atoms with Crippen LogP contribution in [0.3, 0.4) is 0 Å². The SMILES string of the molecule is Cc1ccc2c(OCCN3CCC(Oc4ccc5c(c4)[N+]([O-])=CCC5)CC3)cccc2n1. The molecular formula is C26H29N3O3. The van der Waals surface area contributed by atoms with E-state index in [4.69, 9.17) is 9.47 Å². The van der Waals surface area contributed by atoms with E-state index in [0.717, 1.165) is 89.4 Å². The Bertz CT molecular complexity index is 1140. The second-order valence-corrected chi connectivity index (χ2v) is 8.62. The quantitative estimate of drug-likeness (QED) is 0.421. The van der Waals surface area contributed by atoms with Gasteiger partial charge in [0, 0.05) is 42.7 Å². The number of piperidine rings is 1. The Hall–Kier alpha value is -3.12. The van der Waals surface area contributed by atoms with Crippen LogP contribution in [0.1, 0.15) is 30.5 Å². The zero-order valence-corrected chi connectivity index (χ0v) is 18.5. The largest absolute Gasteiger partial charge is 0.619 e. The van der Waals surface area contributed by atoms with Gasteiger partial charge in [-0.05, 0) is 62.6 Å². The molecule has 6 nitrogen and oxygen atoms in total. The van der Waals surface area contributed by atoms with Gasteiger partial charge in [-0.2, -0.15) is 4.74 Å². The molecule has 2 aliphatic rings. The highest BCUT2D eigenvalue weighted by molar-refractivity contribution is 5.85. The summed E-state index contributed by atoms with van der Waals surface area (Å²) in [6.45, 7) is 5.51. The van der Waals surface area contributed by atoms with Crippen molar-refractivity contribution >= 4 is 22.8 Å². The van der Waals surface area contributed by atoms with E-state index in [1.165, 1.54) is 0 Å². The van der Waals surface area contributed by atoms with Gasteiger partial charge in [0.1, 0.15) is 24.2 Å². The first kappa shape index (κ1) is 20.8. The van der Waals surface area contributed by atoms with Gasteiger partial charge in [0.05, 0.1) is 11.6 Å². The van der Waals surface area contributed by atoms with E-state index < -0.39 is 0 Å². The fourth-order valence-corrected chi connectivity index (χ4v) is 4.55. The molecule has 0 amide bonds. The van der Waals surface area contributed by atoms with Gasteiger partial charge in [-0.1, -0.05) is 6.07 Å². The molecule has 0 N–H and O–H groups in total. The summed E-state index contributed by atoms with van der Waals surface area (Å²) in [5.41, 5.74) is 3.81. The minimum Gasteiger partial charge on any atom is -0.619 e. The number of hydrogen-bond acceptors (Lipinski definition) is 5. The summed E-state index contributed by atoms with van der Waals surface area (Å²) < 4.78 is 13.3. The minimum atomic E-state index is 0.185. The smallest absolute Gasteiger partial charge is 0.223 e. The first-order chi connectivity index (χ1) is 15.7. The van der Waals surface area contributed by atoms with Crippen LogP contribution in [0.2, 0.25) is 0 Å². The van der Waals surface area contributed by atoms with Crippen molar-refractivity contribution in [3.63, 3.8) is 0 Å². The van der Waals surface area contributed by atoms with Gasteiger partial charge in [0.15, 0.2) is 6.21 Å². The van der Waals surface area contributed by atoms with Gasteiger partial charge in [0.2, 0.25) is 5.69 Å². The highest BCUT2D eigenvalue weighted by Gasteiger charge is 2.22. The second-order valence-electron chi connectivity index (χ2n) is 8.62. The molecule has 2 aromatic carbocycles. The Morgan fingerprint density at radius 2 is 2.00 bits per heavy atom. The second kappa shape index (κ2) is 9.17. The predicted molar refractivity (Wildman–Crippen MR) is 126 cm³/mol. The summed E-state index contributed by atoms with van der Waals surface area (Å²) in [7, 11) is 0. The zero-order valence-electron chi connectivity index (χ0n) is 18.5. The molecule has 1 fully saturated rings. The molecule has 1 saturated heterocycles. The first-order valence-electron chi connectivity index (χ1n) is 11.5. The van der Waals surface area contributed by atoms with Gasteiger partial charge in [-0.15, -0.1) is 0 Å². The fourth-order valence-electron chi connectivity index (χ4n) is 4.55. The molecule has 166 valence electrons. The number of nitrogens with zero attached hydrogens (tertiary/aromatic N) is 3. The van der Waals surface area contributed by atoms with Crippen molar-refractivity contribution in [3.05, 3.63) is 65.0 Å². The van der Waals surface area contributed by atoms with Crippen molar-refractivity contribution in [2.45, 2.75) is 38.7 Å². The van der Waals surface area contributed by atoms with E-state index in [9.17, 15) is 5.21 Å². The molecule has 0 radical (unpaired) electrons. The van der Waals surface area contributed by atoms with Crippen molar-refractivity contribution in [2.24, 2.45) is 0 Å². The maximum Gasteiger partial charge on any atom is 0.223 e. The standard InChI is InChI=1S/C26H29N3O3/c1-19-7-10-23-24(27-19)5-2-6-26(23)31-17-16-28-14-11-21(12-15-28)32-22-9-8-20-4-3-13-29(30)25(20)18-22/h2,5-10,13,18,21H,3-4,11-12,14-17H2,1H3. The van der Waals surface area contributed by atoms with Gasteiger partial charge < -0.3 is 14.7 Å². The van der Waals surface area contributed by atoms with Gasteiger partial charge in [-0.25, -0.2) is 0 Å². The van der Waals surface area contributed by atoms with Gasteiger partial charge in [-0.3, -0.25) is 9.88 Å². The van der Waals surface area contributed by atoms with Crippen molar-refractivity contribution in [3.8, 4) is 11.5 Å². The number of likely N-dealkylation sites (tertiary alicyclic amines) is 1. The molecule has 3 heterocycles. The highest BCUT2D eigenvalue weighted by Crippen LogP contribution is 2.29. The van der Waals surface area contributed by atoms with Crippen LogP contribution in [-0.4, -0.2) is 53.2 Å². The van der Waals surface area contributed by atoms with Crippen LogP contribution in [0.15, 0.2) is 48.5 Å². The Balaban J connectivity index is 1.11. The summed E-state index contributed by atoms with van der Waals surface area (Å²) in [4.78, 5) is 7.00. The summed E-state index contributed by atoms with van der Waals surface area (Å²) >= 11 is 0. The number of aromatic nitrogens is 1. The van der Waals surface area contributed by atoms with Crippen LogP contribution in [0.4, 0.5) is 5.69 Å². The van der Waals surface area contributed by atoms with E-state index in [1.54, 1.807) is 6.21 Å². The lowest BCUT2D eigenvalue weighted by Gasteiger charge is -2.32. The normalized spacial score (nSPS) is 17.1. The molecule has 1 aromatic heterocycles. The van der Waals surface area contributed by atoms with Crippen molar-refractivity contribution < 1.29 is 14.2 Å². The fraction of sp³-hybridized carbons (Fsp3) is 0.385. The Labute approximate surface area is 188 Å². The van der Waals surface area contributed by atoms with Gasteiger partial charge in [0.25, 0.3) is 0 Å². The van der Waals surface area contributed by atoms with Crippen LogP contribution in [0.25, 0.3) is 10.9 Å². The number of aryl methyl sites for hydroxylation is 2. The van der Waals surface area contributed by atoms with E-state index in [-0.39, 0.29) is 6.10 Å². The summed E-state index contributed by atoms with van der Waals surface area (Å²) in [6, 6.07) is 16.1. The lowest BCUT2D eigenvalue weighted by atomic mass is 10.0. The van der Waals surface area contributed by atoms with Crippen LogP contribution in [-0.2, 0) is 6.42 Å². The molecule has 3 aromatic rings. The highest BCUT2D eigenvalue weighted by atomic mass is 16.5. The zero-order chi connectivity index (χ0) is 21.9. The predicted octanol–water partition coefficient (Wildman–Crippen LogP) is 4.62. The maximum atomic E-state index is 12.0. The Kier molecular flexibility index (Phi) is 5.95. The van der Waals surface area contributed by atoms with Crippen molar-refractivity contribution in [1.29, 1.82) is 0 Å². The first-order valence-corrected chi connectivity index (χ1v) is 11.5. The molecule has 0 unspecified atom stereocenters. The number of ether oxygens (including phenoxy) is 2. The topological polar surface area (TPSA) is 60.7 Å². The van der Waals surface area contributed by atoms with Crippen LogP contribution in [0.5, 0.6) is 11.5 Å². The maximum absolute atomic E-state index is 12.0. The Morgan fingerprint density at radius 3 is 2.88 bits per heavy atom. The lowest BCUT2D eigenvalue weighted by molar-refractivity contribution is -0.359. The van der Waals surface area contributed by atoms with E-state index in [1.807, 2.05) is 49.4 Å². The van der Waals surface area contributed by atoms with Crippen LogP contribution >= 0.6 is 0 Å². The average Bonchev–Trinajstić information content (AvgIpc) is 2.81. The molecule has 0 bridgehead atoms. The summed E-state index contributed by atoms with van der Waals surface area (Å²) in [6.07, 6.45) is 5.55. The third kappa shape index (κ3) is 4.55.